The first-order valence-electron chi connectivity index (χ1n) is 8.28. The van der Waals surface area contributed by atoms with E-state index < -0.39 is 0 Å². The number of nitrogens with one attached hydrogen (secondary N) is 1. The Bertz CT molecular complexity index is 921. The third-order valence-corrected chi connectivity index (χ3v) is 4.23. The number of hydrogen-bond donors (Lipinski definition) is 1. The van der Waals surface area contributed by atoms with Gasteiger partial charge < -0.3 is 10.1 Å². The number of anilines is 1. The number of aryl methyl sites for hydroxylation is 2. The number of carbonyl (C=O) groups is 1. The third kappa shape index (κ3) is 4.64. The van der Waals surface area contributed by atoms with E-state index >= 15 is 0 Å². The Morgan fingerprint density at radius 3 is 2.73 bits per heavy atom. The van der Waals surface area contributed by atoms with Crippen molar-refractivity contribution in [1.29, 1.82) is 0 Å². The maximum Gasteiger partial charge on any atom is 0.263 e. The number of ether oxygens (including phenoxy) is 1. The molecule has 0 aliphatic rings. The van der Waals surface area contributed by atoms with Crippen LogP contribution in [0.4, 0.5) is 5.82 Å². The fourth-order valence-electron chi connectivity index (χ4n) is 2.58. The highest BCUT2D eigenvalue weighted by atomic mass is 35.5. The van der Waals surface area contributed by atoms with Crippen molar-refractivity contribution in [3.63, 3.8) is 0 Å². The highest BCUT2D eigenvalue weighted by Crippen LogP contribution is 2.21. The lowest BCUT2D eigenvalue weighted by Gasteiger charge is -2.09. The van der Waals surface area contributed by atoms with Crippen LogP contribution in [-0.2, 0) is 11.3 Å². The van der Waals surface area contributed by atoms with E-state index in [0.717, 1.165) is 5.56 Å². The second-order valence-electron chi connectivity index (χ2n) is 6.07. The Kier molecular flexibility index (Phi) is 5.58. The first kappa shape index (κ1) is 18.0. The summed E-state index contributed by atoms with van der Waals surface area (Å²) in [5.41, 5.74) is 3.28. The van der Waals surface area contributed by atoms with Crippen molar-refractivity contribution in [2.45, 2.75) is 20.4 Å². The van der Waals surface area contributed by atoms with Crippen LogP contribution in [0.25, 0.3) is 0 Å². The lowest BCUT2D eigenvalue weighted by Crippen LogP contribution is -2.20. The van der Waals surface area contributed by atoms with E-state index in [1.54, 1.807) is 28.9 Å². The van der Waals surface area contributed by atoms with Gasteiger partial charge in [0.05, 0.1) is 6.54 Å². The number of halogens is 1. The fourth-order valence-corrected chi connectivity index (χ4v) is 2.80. The molecule has 0 bridgehead atoms. The van der Waals surface area contributed by atoms with Crippen molar-refractivity contribution in [2.75, 3.05) is 11.9 Å². The molecule has 2 aromatic carbocycles. The smallest absolute Gasteiger partial charge is 0.263 e. The number of rotatable bonds is 6. The van der Waals surface area contributed by atoms with Crippen molar-refractivity contribution in [1.82, 2.24) is 9.78 Å². The summed E-state index contributed by atoms with van der Waals surface area (Å²) in [6.45, 7) is 4.51. The Hall–Kier alpha value is -2.79. The van der Waals surface area contributed by atoms with E-state index in [4.69, 9.17) is 16.3 Å². The Balaban J connectivity index is 1.55. The number of benzene rings is 2. The van der Waals surface area contributed by atoms with Crippen LogP contribution in [0.15, 0.2) is 54.7 Å². The zero-order valence-electron chi connectivity index (χ0n) is 14.7. The zero-order chi connectivity index (χ0) is 18.5. The van der Waals surface area contributed by atoms with Gasteiger partial charge in [-0.1, -0.05) is 35.9 Å². The first-order chi connectivity index (χ1) is 12.5. The topological polar surface area (TPSA) is 56.2 Å². The van der Waals surface area contributed by atoms with Gasteiger partial charge in [-0.15, -0.1) is 0 Å². The van der Waals surface area contributed by atoms with Gasteiger partial charge in [0, 0.05) is 17.3 Å². The van der Waals surface area contributed by atoms with Crippen molar-refractivity contribution >= 4 is 23.3 Å². The molecule has 134 valence electrons. The molecule has 3 rings (SSSR count). The van der Waals surface area contributed by atoms with E-state index in [1.165, 1.54) is 11.1 Å². The molecule has 26 heavy (non-hydrogen) atoms. The minimum atomic E-state index is -0.263. The van der Waals surface area contributed by atoms with Gasteiger partial charge in [0.15, 0.2) is 12.4 Å². The number of amides is 1. The molecule has 0 fully saturated rings. The van der Waals surface area contributed by atoms with Gasteiger partial charge in [-0.2, -0.15) is 5.10 Å². The van der Waals surface area contributed by atoms with Gasteiger partial charge in [0.1, 0.15) is 5.75 Å². The van der Waals surface area contributed by atoms with Gasteiger partial charge in [-0.25, -0.2) is 0 Å². The second-order valence-corrected chi connectivity index (χ2v) is 6.51. The Morgan fingerprint density at radius 1 is 1.15 bits per heavy atom. The molecule has 1 heterocycles. The predicted molar refractivity (Wildman–Crippen MR) is 103 cm³/mol. The SMILES string of the molecule is Cc1ccccc1Cn1ccc(NC(=O)COc2ccc(Cl)cc2C)n1. The minimum absolute atomic E-state index is 0.0902. The quantitative estimate of drug-likeness (QED) is 0.707. The summed E-state index contributed by atoms with van der Waals surface area (Å²) in [7, 11) is 0. The summed E-state index contributed by atoms with van der Waals surface area (Å²) >= 11 is 5.91. The monoisotopic (exact) mass is 369 g/mol. The summed E-state index contributed by atoms with van der Waals surface area (Å²) < 4.78 is 7.33. The third-order valence-electron chi connectivity index (χ3n) is 4.00. The van der Waals surface area contributed by atoms with E-state index in [-0.39, 0.29) is 12.5 Å². The first-order valence-corrected chi connectivity index (χ1v) is 8.66. The van der Waals surface area contributed by atoms with Crippen molar-refractivity contribution in [3.8, 4) is 5.75 Å². The molecule has 3 aromatic rings. The lowest BCUT2D eigenvalue weighted by molar-refractivity contribution is -0.118. The van der Waals surface area contributed by atoms with Gasteiger partial charge in [-0.3, -0.25) is 9.48 Å². The molecule has 0 aliphatic carbocycles. The molecule has 0 saturated carbocycles. The van der Waals surface area contributed by atoms with Crippen LogP contribution >= 0.6 is 11.6 Å². The zero-order valence-corrected chi connectivity index (χ0v) is 15.5. The molecular weight excluding hydrogens is 350 g/mol. The number of nitrogens with zero attached hydrogens (tertiary/aromatic N) is 2. The molecule has 0 unspecified atom stereocenters. The average molecular weight is 370 g/mol. The van der Waals surface area contributed by atoms with E-state index in [9.17, 15) is 4.79 Å². The molecule has 1 aromatic heterocycles. The number of carbonyl (C=O) groups excluding carboxylic acids is 1. The molecule has 0 spiro atoms. The minimum Gasteiger partial charge on any atom is -0.483 e. The summed E-state index contributed by atoms with van der Waals surface area (Å²) in [4.78, 5) is 12.1. The number of aromatic nitrogens is 2. The molecule has 5 nitrogen and oxygen atoms in total. The molecule has 1 amide bonds. The van der Waals surface area contributed by atoms with Crippen LogP contribution in [0.2, 0.25) is 5.02 Å². The number of hydrogen-bond acceptors (Lipinski definition) is 3. The van der Waals surface area contributed by atoms with Crippen molar-refractivity contribution in [3.05, 3.63) is 76.4 Å². The normalized spacial score (nSPS) is 10.6. The summed E-state index contributed by atoms with van der Waals surface area (Å²) in [6.07, 6.45) is 1.84. The van der Waals surface area contributed by atoms with Crippen LogP contribution in [0.3, 0.4) is 0 Å². The maximum atomic E-state index is 12.1. The van der Waals surface area contributed by atoms with E-state index in [0.29, 0.717) is 23.1 Å². The highest BCUT2D eigenvalue weighted by molar-refractivity contribution is 6.30. The van der Waals surface area contributed by atoms with Gasteiger partial charge >= 0.3 is 0 Å². The fraction of sp³-hybridized carbons (Fsp3) is 0.200. The Morgan fingerprint density at radius 2 is 1.96 bits per heavy atom. The molecule has 0 radical (unpaired) electrons. The predicted octanol–water partition coefficient (Wildman–Crippen LogP) is 4.22. The van der Waals surface area contributed by atoms with Gasteiger partial charge in [0.25, 0.3) is 5.91 Å². The summed E-state index contributed by atoms with van der Waals surface area (Å²) in [5.74, 6) is 0.870. The highest BCUT2D eigenvalue weighted by Gasteiger charge is 2.08. The Labute approximate surface area is 157 Å². The van der Waals surface area contributed by atoms with Crippen molar-refractivity contribution in [2.24, 2.45) is 0 Å². The lowest BCUT2D eigenvalue weighted by atomic mass is 10.1. The van der Waals surface area contributed by atoms with Crippen LogP contribution in [-0.4, -0.2) is 22.3 Å². The molecule has 0 aliphatic heterocycles. The van der Waals surface area contributed by atoms with Crippen LogP contribution in [0.5, 0.6) is 5.75 Å². The molecule has 6 heteroatoms. The molecule has 1 N–H and O–H groups in total. The van der Waals surface area contributed by atoms with Crippen LogP contribution in [0, 0.1) is 13.8 Å². The van der Waals surface area contributed by atoms with E-state index in [1.807, 2.05) is 25.3 Å². The standard InChI is InChI=1S/C20H20ClN3O2/c1-14-5-3-4-6-16(14)12-24-10-9-19(23-24)22-20(25)13-26-18-8-7-17(21)11-15(18)2/h3-11H,12-13H2,1-2H3,(H,22,23,25). The van der Waals surface area contributed by atoms with Crippen molar-refractivity contribution < 1.29 is 9.53 Å². The largest absolute Gasteiger partial charge is 0.483 e. The van der Waals surface area contributed by atoms with Gasteiger partial charge in [-0.05, 0) is 48.7 Å². The van der Waals surface area contributed by atoms with Gasteiger partial charge in [0.2, 0.25) is 0 Å². The van der Waals surface area contributed by atoms with Crippen LogP contribution in [0.1, 0.15) is 16.7 Å². The average Bonchev–Trinajstić information content (AvgIpc) is 3.03. The molecular formula is C20H20ClN3O2. The van der Waals surface area contributed by atoms with Crippen LogP contribution < -0.4 is 10.1 Å². The van der Waals surface area contributed by atoms with E-state index in [2.05, 4.69) is 29.5 Å². The maximum absolute atomic E-state index is 12.1. The summed E-state index contributed by atoms with van der Waals surface area (Å²) in [6, 6.07) is 15.2. The second kappa shape index (κ2) is 8.06. The summed E-state index contributed by atoms with van der Waals surface area (Å²) in [5, 5.41) is 7.76. The molecule has 0 atom stereocenters. The molecule has 0 saturated heterocycles.